The van der Waals surface area contributed by atoms with Crippen LogP contribution < -0.4 is 21.7 Å². The van der Waals surface area contributed by atoms with Gasteiger partial charge in [-0.1, -0.05) is 112 Å². The van der Waals surface area contributed by atoms with Crippen molar-refractivity contribution in [2.45, 2.75) is 89.5 Å². The number of carbonyl (C=O) groups excluding carboxylic acids is 3. The fourth-order valence-electron chi connectivity index (χ4n) is 5.28. The van der Waals surface area contributed by atoms with Crippen molar-refractivity contribution in [1.82, 2.24) is 16.0 Å². The van der Waals surface area contributed by atoms with Gasteiger partial charge in [-0.2, -0.15) is 0 Å². The van der Waals surface area contributed by atoms with E-state index in [0.29, 0.717) is 38.0 Å². The van der Waals surface area contributed by atoms with E-state index in [9.17, 15) is 14.4 Å². The first kappa shape index (κ1) is 33.8. The van der Waals surface area contributed by atoms with Crippen LogP contribution in [0, 0.1) is 0 Å². The molecule has 0 saturated carbocycles. The third-order valence-electron chi connectivity index (χ3n) is 7.85. The Morgan fingerprint density at radius 1 is 0.674 bits per heavy atom. The minimum Gasteiger partial charge on any atom is -0.354 e. The summed E-state index contributed by atoms with van der Waals surface area (Å²) in [6.45, 7) is 1.50. The maximum Gasteiger partial charge on any atom is 0.252 e. The summed E-state index contributed by atoms with van der Waals surface area (Å²) in [5.41, 5.74) is 8.78. The molecule has 0 radical (unpaired) electrons. The van der Waals surface area contributed by atoms with E-state index >= 15 is 0 Å². The Morgan fingerprint density at radius 2 is 1.28 bits per heavy atom. The van der Waals surface area contributed by atoms with Gasteiger partial charge in [0.2, 0.25) is 11.8 Å². The third kappa shape index (κ3) is 13.0. The smallest absolute Gasteiger partial charge is 0.252 e. The molecule has 1 aliphatic heterocycles. The molecule has 3 amide bonds. The Hall–Kier alpha value is -3.71. The van der Waals surface area contributed by atoms with E-state index in [1.807, 2.05) is 66.7 Å². The van der Waals surface area contributed by atoms with Gasteiger partial charge in [-0.15, -0.1) is 0 Å². The van der Waals surface area contributed by atoms with Crippen LogP contribution in [0.1, 0.15) is 94.6 Å². The lowest BCUT2D eigenvalue weighted by atomic mass is 10.0. The number of hydrogen-bond donors (Lipinski definition) is 4. The number of unbranched alkanes of at least 4 members (excludes halogenated alkanes) is 1. The molecule has 0 unspecified atom stereocenters. The van der Waals surface area contributed by atoms with Crippen LogP contribution in [-0.2, 0) is 14.4 Å². The number of nitrogens with one attached hydrogen (secondary N) is 3. The van der Waals surface area contributed by atoms with Gasteiger partial charge >= 0.3 is 0 Å². The Kier molecular flexibility index (Phi) is 15.9. The van der Waals surface area contributed by atoms with Gasteiger partial charge in [0.15, 0.2) is 0 Å². The van der Waals surface area contributed by atoms with Gasteiger partial charge in [-0.3, -0.25) is 14.4 Å². The molecule has 3 rings (SSSR count). The van der Waals surface area contributed by atoms with E-state index in [0.717, 1.165) is 68.1 Å². The second-order valence-corrected chi connectivity index (χ2v) is 11.3. The van der Waals surface area contributed by atoms with E-state index in [4.69, 9.17) is 5.73 Å². The number of nitrogens with two attached hydrogens (primary N) is 1. The molecule has 7 nitrogen and oxygen atoms in total. The van der Waals surface area contributed by atoms with E-state index in [1.54, 1.807) is 6.08 Å². The molecular weight excluding hydrogens is 536 g/mol. The van der Waals surface area contributed by atoms with Crippen molar-refractivity contribution in [3.05, 3.63) is 83.9 Å². The monoisotopic (exact) mass is 586 g/mol. The predicted molar refractivity (Wildman–Crippen MR) is 176 cm³/mol. The average Bonchev–Trinajstić information content (AvgIpc) is 3.03. The number of carbonyl (C=O) groups is 3. The standard InChI is InChI=1S/C36H50N4O3/c37-26-16-15-22-33-36(43)38-27-17-7-5-3-1-2-4-6-14-23-34(41)39-28-31(29-18-10-8-11-19-29)24-25-32(35(42)40-33)30-20-12-9-13-21-30/h8-13,18-21,24-25,33H,1-7,14-17,22-23,26-28,37H2,(H,38,43)(H,39,41)(H,40,42)/b31-24+,32-25-/t33-/m0/s1. The van der Waals surface area contributed by atoms with Gasteiger partial charge in [0.25, 0.3) is 5.91 Å². The molecule has 0 aliphatic carbocycles. The van der Waals surface area contributed by atoms with Crippen molar-refractivity contribution in [1.29, 1.82) is 0 Å². The normalized spacial score (nSPS) is 21.7. The zero-order valence-electron chi connectivity index (χ0n) is 25.6. The summed E-state index contributed by atoms with van der Waals surface area (Å²) in [5.74, 6) is -0.429. The SMILES string of the molecule is NCCCC[C@@H]1NC(=O)/C(c2ccccc2)=C\C=C(\c2ccccc2)CNC(=O)CCCCCCCCCCCNC1=O. The molecule has 0 fully saturated rings. The lowest BCUT2D eigenvalue weighted by Crippen LogP contribution is -2.47. The Balaban J connectivity index is 1.90. The van der Waals surface area contributed by atoms with E-state index in [2.05, 4.69) is 16.0 Å². The van der Waals surface area contributed by atoms with E-state index in [1.165, 1.54) is 19.3 Å². The Morgan fingerprint density at radius 3 is 1.93 bits per heavy atom. The van der Waals surface area contributed by atoms with Crippen molar-refractivity contribution in [3.8, 4) is 0 Å². The number of rotatable bonds is 6. The summed E-state index contributed by atoms with van der Waals surface area (Å²) in [6, 6.07) is 18.7. The first-order chi connectivity index (χ1) is 21.1. The van der Waals surface area contributed by atoms with Crippen LogP contribution in [0.4, 0.5) is 0 Å². The Labute approximate surface area is 257 Å². The summed E-state index contributed by atoms with van der Waals surface area (Å²) >= 11 is 0. The highest BCUT2D eigenvalue weighted by atomic mass is 16.2. The molecule has 2 aromatic carbocycles. The van der Waals surface area contributed by atoms with Crippen LogP contribution >= 0.6 is 0 Å². The molecule has 0 spiro atoms. The molecule has 1 atom stereocenters. The molecule has 7 heteroatoms. The second kappa shape index (κ2) is 20.2. The van der Waals surface area contributed by atoms with Gasteiger partial charge in [0.05, 0.1) is 0 Å². The highest BCUT2D eigenvalue weighted by molar-refractivity contribution is 6.20. The zero-order chi connectivity index (χ0) is 30.5. The largest absolute Gasteiger partial charge is 0.354 e. The van der Waals surface area contributed by atoms with Crippen molar-refractivity contribution in [2.75, 3.05) is 19.6 Å². The number of hydrogen-bond acceptors (Lipinski definition) is 4. The van der Waals surface area contributed by atoms with E-state index in [-0.39, 0.29) is 17.7 Å². The molecular formula is C36H50N4O3. The fourth-order valence-corrected chi connectivity index (χ4v) is 5.28. The van der Waals surface area contributed by atoms with Crippen LogP contribution in [-0.4, -0.2) is 43.4 Å². The minimum atomic E-state index is -0.648. The summed E-state index contributed by atoms with van der Waals surface area (Å²) in [5, 5.41) is 9.16. The molecule has 1 heterocycles. The lowest BCUT2D eigenvalue weighted by Gasteiger charge is -2.20. The highest BCUT2D eigenvalue weighted by Crippen LogP contribution is 2.20. The maximum absolute atomic E-state index is 13.8. The van der Waals surface area contributed by atoms with Crippen LogP contribution in [0.15, 0.2) is 72.8 Å². The van der Waals surface area contributed by atoms with Crippen LogP contribution in [0.25, 0.3) is 11.1 Å². The van der Waals surface area contributed by atoms with Crippen LogP contribution in [0.2, 0.25) is 0 Å². The first-order valence-electron chi connectivity index (χ1n) is 16.2. The summed E-state index contributed by atoms with van der Waals surface area (Å²) in [6.07, 6.45) is 16.1. The maximum atomic E-state index is 13.8. The third-order valence-corrected chi connectivity index (χ3v) is 7.85. The van der Waals surface area contributed by atoms with Crippen LogP contribution in [0.3, 0.4) is 0 Å². The lowest BCUT2D eigenvalue weighted by molar-refractivity contribution is -0.127. The van der Waals surface area contributed by atoms with Gasteiger partial charge in [-0.25, -0.2) is 0 Å². The van der Waals surface area contributed by atoms with Crippen molar-refractivity contribution < 1.29 is 14.4 Å². The van der Waals surface area contributed by atoms with Crippen LogP contribution in [0.5, 0.6) is 0 Å². The topological polar surface area (TPSA) is 113 Å². The highest BCUT2D eigenvalue weighted by Gasteiger charge is 2.22. The Bertz CT molecular complexity index is 1180. The van der Waals surface area contributed by atoms with Gasteiger partial charge in [0.1, 0.15) is 6.04 Å². The molecule has 0 saturated heterocycles. The quantitative estimate of drug-likeness (QED) is 0.315. The van der Waals surface area contributed by atoms with Gasteiger partial charge < -0.3 is 21.7 Å². The molecule has 2 aromatic rings. The number of benzene rings is 2. The summed E-state index contributed by atoms with van der Waals surface area (Å²) < 4.78 is 0. The molecule has 1 aliphatic rings. The van der Waals surface area contributed by atoms with Crippen molar-refractivity contribution in [2.24, 2.45) is 5.73 Å². The molecule has 0 aromatic heterocycles. The second-order valence-electron chi connectivity index (χ2n) is 11.3. The number of amides is 3. The van der Waals surface area contributed by atoms with E-state index < -0.39 is 6.04 Å². The fraction of sp³-hybridized carbons (Fsp3) is 0.472. The average molecular weight is 587 g/mol. The molecule has 5 N–H and O–H groups in total. The molecule has 43 heavy (non-hydrogen) atoms. The summed E-state index contributed by atoms with van der Waals surface area (Å²) in [7, 11) is 0. The van der Waals surface area contributed by atoms with Crippen molar-refractivity contribution in [3.63, 3.8) is 0 Å². The predicted octanol–water partition coefficient (Wildman–Crippen LogP) is 5.91. The summed E-state index contributed by atoms with van der Waals surface area (Å²) in [4.78, 5) is 39.7. The van der Waals surface area contributed by atoms with Gasteiger partial charge in [-0.05, 0) is 61.4 Å². The molecule has 0 bridgehead atoms. The van der Waals surface area contributed by atoms with Crippen molar-refractivity contribution >= 4 is 28.9 Å². The zero-order valence-corrected chi connectivity index (χ0v) is 25.6. The van der Waals surface area contributed by atoms with Gasteiger partial charge in [0, 0.05) is 25.1 Å². The molecule has 232 valence electrons. The first-order valence-corrected chi connectivity index (χ1v) is 16.2. The minimum absolute atomic E-state index is 0.0385. The number of allylic oxidation sites excluding steroid dienone is 2.